The van der Waals surface area contributed by atoms with Crippen molar-refractivity contribution in [1.82, 2.24) is 0 Å². The number of cyclic esters (lactones) is 2. The van der Waals surface area contributed by atoms with E-state index in [-0.39, 0.29) is 5.69 Å². The molecule has 1 saturated heterocycles. The Bertz CT molecular complexity index is 586. The molecule has 1 heterocycles. The van der Waals surface area contributed by atoms with Crippen LogP contribution in [0.1, 0.15) is 23.7 Å². The minimum absolute atomic E-state index is 0.330. The van der Waals surface area contributed by atoms with E-state index in [1.165, 1.54) is 0 Å². The predicted molar refractivity (Wildman–Crippen MR) is 60.6 cm³/mol. The summed E-state index contributed by atoms with van der Waals surface area (Å²) in [4.78, 5) is 33.2. The average molecular weight is 285 g/mol. The molecule has 0 atom stereocenters. The summed E-state index contributed by atoms with van der Waals surface area (Å²) >= 11 is 0. The van der Waals surface area contributed by atoms with Crippen molar-refractivity contribution in [2.24, 2.45) is 0 Å². The highest BCUT2D eigenvalue weighted by molar-refractivity contribution is 5.96. The third-order valence-corrected chi connectivity index (χ3v) is 2.48. The molecule has 0 unspecified atom stereocenters. The fourth-order valence-corrected chi connectivity index (χ4v) is 1.64. The number of halogens is 2. The van der Waals surface area contributed by atoms with E-state index in [0.29, 0.717) is 0 Å². The normalized spacial score (nSPS) is 15.6. The lowest BCUT2D eigenvalue weighted by Gasteiger charge is -2.23. The van der Waals surface area contributed by atoms with Crippen LogP contribution in [0.5, 0.6) is 0 Å². The molecular weight excluding hydrogens is 276 g/mol. The number of esters is 2. The first kappa shape index (κ1) is 13.9. The highest BCUT2D eigenvalue weighted by Crippen LogP contribution is 2.23. The van der Waals surface area contributed by atoms with Crippen LogP contribution in [0.2, 0.25) is 0 Å². The van der Waals surface area contributed by atoms with Gasteiger partial charge in [0.25, 0.3) is 0 Å². The predicted octanol–water partition coefficient (Wildman–Crippen LogP) is 1.35. The fraction of sp³-hybridized carbons (Fsp3) is 0.250. The molecule has 1 aromatic rings. The Morgan fingerprint density at radius 2 is 1.85 bits per heavy atom. The Labute approximate surface area is 111 Å². The maximum atomic E-state index is 13.9. The van der Waals surface area contributed by atoms with E-state index in [2.05, 4.69) is 14.8 Å². The third-order valence-electron chi connectivity index (χ3n) is 2.48. The van der Waals surface area contributed by atoms with Crippen LogP contribution in [0.25, 0.3) is 0 Å². The molecular formula is C12H9F2NO5. The summed E-state index contributed by atoms with van der Waals surface area (Å²) in [6.45, 7) is 1.01. The number of anilines is 1. The number of carbonyl (C=O) groups is 3. The molecule has 8 heteroatoms. The number of ether oxygens (including phenoxy) is 2. The van der Waals surface area contributed by atoms with Crippen LogP contribution in [-0.2, 0) is 19.1 Å². The molecule has 0 radical (unpaired) electrons. The molecule has 0 amide bonds. The van der Waals surface area contributed by atoms with E-state index < -0.39 is 47.8 Å². The summed E-state index contributed by atoms with van der Waals surface area (Å²) in [6, 6.07) is 1.86. The summed E-state index contributed by atoms with van der Waals surface area (Å²) in [7, 11) is 0. The molecule has 20 heavy (non-hydrogen) atoms. The van der Waals surface area contributed by atoms with Gasteiger partial charge in [0.15, 0.2) is 11.6 Å². The van der Waals surface area contributed by atoms with E-state index in [1.807, 2.05) is 0 Å². The van der Waals surface area contributed by atoms with Gasteiger partial charge >= 0.3 is 18.4 Å². The summed E-state index contributed by atoms with van der Waals surface area (Å²) in [5.74, 6) is -4.66. The van der Waals surface area contributed by atoms with Crippen molar-refractivity contribution in [2.45, 2.75) is 19.8 Å². The van der Waals surface area contributed by atoms with E-state index in [4.69, 9.17) is 0 Å². The molecule has 0 bridgehead atoms. The van der Waals surface area contributed by atoms with Gasteiger partial charge in [0.2, 0.25) is 0 Å². The third kappa shape index (κ3) is 2.73. The number of ketones is 1. The maximum Gasteiger partial charge on any atom is 0.329 e. The van der Waals surface area contributed by atoms with Crippen molar-refractivity contribution in [3.8, 4) is 0 Å². The zero-order valence-corrected chi connectivity index (χ0v) is 10.2. The van der Waals surface area contributed by atoms with E-state index in [9.17, 15) is 23.2 Å². The van der Waals surface area contributed by atoms with Gasteiger partial charge in [-0.3, -0.25) is 14.4 Å². The van der Waals surface area contributed by atoms with Crippen LogP contribution < -0.4 is 5.32 Å². The number of Topliss-reactive ketones (excluding diaryl/α,β-unsaturated/α-hetero) is 1. The van der Waals surface area contributed by atoms with Gasteiger partial charge < -0.3 is 14.8 Å². The summed E-state index contributed by atoms with van der Waals surface area (Å²) in [5, 5.41) is 2.25. The Morgan fingerprint density at radius 1 is 1.25 bits per heavy atom. The zero-order valence-electron chi connectivity index (χ0n) is 10.2. The number of benzene rings is 1. The van der Waals surface area contributed by atoms with Crippen molar-refractivity contribution >= 4 is 23.4 Å². The molecule has 106 valence electrons. The maximum absolute atomic E-state index is 13.9. The minimum atomic E-state index is -1.52. The van der Waals surface area contributed by atoms with E-state index in [1.54, 1.807) is 0 Å². The van der Waals surface area contributed by atoms with E-state index >= 15 is 0 Å². The molecule has 0 spiro atoms. The van der Waals surface area contributed by atoms with Crippen LogP contribution >= 0.6 is 0 Å². The molecule has 1 aliphatic heterocycles. The largest absolute Gasteiger partial charge is 0.406 e. The minimum Gasteiger partial charge on any atom is -0.406 e. The summed E-state index contributed by atoms with van der Waals surface area (Å²) < 4.78 is 36.5. The lowest BCUT2D eigenvalue weighted by atomic mass is 10.1. The average Bonchev–Trinajstić information content (AvgIpc) is 2.31. The van der Waals surface area contributed by atoms with Gasteiger partial charge in [-0.25, -0.2) is 8.78 Å². The first-order valence-electron chi connectivity index (χ1n) is 5.53. The van der Waals surface area contributed by atoms with Crippen molar-refractivity contribution in [3.05, 3.63) is 29.3 Å². The molecule has 0 saturated carbocycles. The van der Waals surface area contributed by atoms with Crippen molar-refractivity contribution in [2.75, 3.05) is 5.32 Å². The van der Waals surface area contributed by atoms with Gasteiger partial charge in [-0.05, 0) is 19.1 Å². The summed E-state index contributed by atoms with van der Waals surface area (Å²) in [5.41, 5.74) is -1.06. The second-order valence-electron chi connectivity index (χ2n) is 3.97. The molecule has 1 fully saturated rings. The first-order valence-corrected chi connectivity index (χ1v) is 5.53. The Kier molecular flexibility index (Phi) is 3.64. The van der Waals surface area contributed by atoms with Crippen LogP contribution in [0, 0.1) is 11.6 Å². The Morgan fingerprint density at radius 3 is 2.40 bits per heavy atom. The van der Waals surface area contributed by atoms with Gasteiger partial charge in [0, 0.05) is 0 Å². The standard InChI is InChI=1S/C12H9F2NO5/c1-5(16)10-6(13)2-3-7(11(10)14)15-12-19-8(17)4-9(18)20-12/h2-3,12,15H,4H2,1H3. The number of carbonyl (C=O) groups excluding carboxylic acids is 3. The van der Waals surface area contributed by atoms with Crippen molar-refractivity contribution in [3.63, 3.8) is 0 Å². The Hall–Kier alpha value is -2.51. The van der Waals surface area contributed by atoms with Gasteiger partial charge in [0.05, 0.1) is 11.3 Å². The van der Waals surface area contributed by atoms with Gasteiger partial charge in [-0.15, -0.1) is 0 Å². The molecule has 2 rings (SSSR count). The van der Waals surface area contributed by atoms with E-state index in [0.717, 1.165) is 19.1 Å². The Balaban J connectivity index is 2.26. The van der Waals surface area contributed by atoms with Crippen LogP contribution in [0.15, 0.2) is 12.1 Å². The topological polar surface area (TPSA) is 81.7 Å². The van der Waals surface area contributed by atoms with Gasteiger partial charge in [-0.2, -0.15) is 0 Å². The van der Waals surface area contributed by atoms with Crippen LogP contribution in [-0.4, -0.2) is 24.1 Å². The van der Waals surface area contributed by atoms with Gasteiger partial charge in [-0.1, -0.05) is 0 Å². The van der Waals surface area contributed by atoms with Crippen molar-refractivity contribution in [1.29, 1.82) is 0 Å². The number of hydrogen-bond donors (Lipinski definition) is 1. The smallest absolute Gasteiger partial charge is 0.329 e. The quantitative estimate of drug-likeness (QED) is 0.513. The monoisotopic (exact) mass is 285 g/mol. The summed E-state index contributed by atoms with van der Waals surface area (Å²) in [6.07, 6.45) is -2.06. The van der Waals surface area contributed by atoms with Gasteiger partial charge in [0.1, 0.15) is 12.2 Å². The van der Waals surface area contributed by atoms with Crippen molar-refractivity contribution < 1.29 is 32.6 Å². The molecule has 6 nitrogen and oxygen atoms in total. The second-order valence-corrected chi connectivity index (χ2v) is 3.97. The number of nitrogens with one attached hydrogen (secondary N) is 1. The molecule has 0 aliphatic carbocycles. The highest BCUT2D eigenvalue weighted by Gasteiger charge is 2.29. The molecule has 1 N–H and O–H groups in total. The van der Waals surface area contributed by atoms with Crippen LogP contribution in [0.4, 0.5) is 14.5 Å². The first-order chi connectivity index (χ1) is 9.38. The highest BCUT2D eigenvalue weighted by atomic mass is 19.1. The lowest BCUT2D eigenvalue weighted by Crippen LogP contribution is -2.38. The number of rotatable bonds is 3. The zero-order chi connectivity index (χ0) is 14.9. The molecule has 1 aromatic carbocycles. The lowest BCUT2D eigenvalue weighted by molar-refractivity contribution is -0.197. The SMILES string of the molecule is CC(=O)c1c(F)ccc(NC2OC(=O)CC(=O)O2)c1F. The molecule has 0 aromatic heterocycles. The second kappa shape index (κ2) is 5.24. The number of hydrogen-bond acceptors (Lipinski definition) is 6. The van der Waals surface area contributed by atoms with Crippen LogP contribution in [0.3, 0.4) is 0 Å². The fourth-order valence-electron chi connectivity index (χ4n) is 1.64. The molecule has 1 aliphatic rings.